The average molecular weight is 321 g/mol. The summed E-state index contributed by atoms with van der Waals surface area (Å²) in [6, 6.07) is 16.1. The number of benzene rings is 2. The fourth-order valence-corrected chi connectivity index (χ4v) is 2.13. The first-order valence-corrected chi connectivity index (χ1v) is 7.32. The van der Waals surface area contributed by atoms with Gasteiger partial charge in [-0.2, -0.15) is 0 Å². The first-order valence-electron chi connectivity index (χ1n) is 7.32. The Hall–Kier alpha value is -3.41. The van der Waals surface area contributed by atoms with Crippen molar-refractivity contribution in [3.05, 3.63) is 66.6 Å². The zero-order valence-corrected chi connectivity index (χ0v) is 12.9. The summed E-state index contributed by atoms with van der Waals surface area (Å²) in [5.74, 6) is -0.0274. The second-order valence-electron chi connectivity index (χ2n) is 5.11. The van der Waals surface area contributed by atoms with Gasteiger partial charge in [-0.3, -0.25) is 9.59 Å². The van der Waals surface area contributed by atoms with Gasteiger partial charge < -0.3 is 15.1 Å². The molecule has 6 heteroatoms. The lowest BCUT2D eigenvalue weighted by Gasteiger charge is -2.05. The van der Waals surface area contributed by atoms with E-state index < -0.39 is 5.91 Å². The molecule has 0 aliphatic carbocycles. The van der Waals surface area contributed by atoms with E-state index in [-0.39, 0.29) is 11.7 Å². The molecule has 0 fully saturated rings. The monoisotopic (exact) mass is 321 g/mol. The second kappa shape index (κ2) is 6.78. The number of amides is 2. The number of carbonyl (C=O) groups excluding carboxylic acids is 2. The molecule has 3 aromatic rings. The molecule has 2 aromatic carbocycles. The zero-order chi connectivity index (χ0) is 16.9. The van der Waals surface area contributed by atoms with Gasteiger partial charge in [0.25, 0.3) is 5.91 Å². The quantitative estimate of drug-likeness (QED) is 0.769. The zero-order valence-electron chi connectivity index (χ0n) is 12.9. The van der Waals surface area contributed by atoms with E-state index in [2.05, 4.69) is 15.6 Å². The van der Waals surface area contributed by atoms with Gasteiger partial charge in [0.05, 0.1) is 6.20 Å². The largest absolute Gasteiger partial charge is 0.431 e. The lowest BCUT2D eigenvalue weighted by molar-refractivity contribution is -0.114. The summed E-state index contributed by atoms with van der Waals surface area (Å²) in [4.78, 5) is 27.3. The highest BCUT2D eigenvalue weighted by atomic mass is 16.4. The number of hydrogen-bond donors (Lipinski definition) is 2. The van der Waals surface area contributed by atoms with Gasteiger partial charge in [0.2, 0.25) is 17.6 Å². The number of nitrogens with zero attached hydrogens (tertiary/aromatic N) is 1. The van der Waals surface area contributed by atoms with Gasteiger partial charge >= 0.3 is 0 Å². The summed E-state index contributed by atoms with van der Waals surface area (Å²) < 4.78 is 5.50. The molecule has 2 N–H and O–H groups in total. The Morgan fingerprint density at radius 3 is 2.17 bits per heavy atom. The molecule has 0 saturated carbocycles. The maximum atomic E-state index is 12.2. The highest BCUT2D eigenvalue weighted by Crippen LogP contribution is 2.20. The highest BCUT2D eigenvalue weighted by Gasteiger charge is 2.13. The summed E-state index contributed by atoms with van der Waals surface area (Å²) in [6.45, 7) is 1.43. The fraction of sp³-hybridized carbons (Fsp3) is 0.0556. The number of hydrogen-bond acceptors (Lipinski definition) is 4. The topological polar surface area (TPSA) is 84.2 Å². The van der Waals surface area contributed by atoms with Gasteiger partial charge in [-0.25, -0.2) is 4.98 Å². The molecule has 1 aromatic heterocycles. The van der Waals surface area contributed by atoms with Crippen LogP contribution in [0.2, 0.25) is 0 Å². The minimum atomic E-state index is -0.392. The molecular formula is C18H15N3O3. The molecule has 0 radical (unpaired) electrons. The molecule has 0 aliphatic heterocycles. The maximum absolute atomic E-state index is 12.2. The summed E-state index contributed by atoms with van der Waals surface area (Å²) in [5, 5.41) is 5.38. The Bertz CT molecular complexity index is 855. The third-order valence-corrected chi connectivity index (χ3v) is 3.21. The number of carbonyl (C=O) groups is 2. The van der Waals surface area contributed by atoms with E-state index in [0.717, 1.165) is 5.56 Å². The first-order chi connectivity index (χ1) is 11.6. The van der Waals surface area contributed by atoms with Crippen molar-refractivity contribution >= 4 is 23.2 Å². The predicted octanol–water partition coefficient (Wildman–Crippen LogP) is 3.55. The van der Waals surface area contributed by atoms with Gasteiger partial charge in [0.15, 0.2) is 0 Å². The van der Waals surface area contributed by atoms with Gasteiger partial charge in [-0.1, -0.05) is 18.2 Å². The third kappa shape index (κ3) is 3.67. The van der Waals surface area contributed by atoms with Gasteiger partial charge in [-0.05, 0) is 36.4 Å². The minimum Gasteiger partial charge on any atom is -0.431 e. The number of aromatic nitrogens is 1. The lowest BCUT2D eigenvalue weighted by atomic mass is 10.2. The van der Waals surface area contributed by atoms with Gasteiger partial charge in [0, 0.05) is 23.9 Å². The Morgan fingerprint density at radius 2 is 1.54 bits per heavy atom. The number of oxazole rings is 1. The van der Waals surface area contributed by atoms with Crippen LogP contribution in [0, 0.1) is 0 Å². The van der Waals surface area contributed by atoms with Crippen LogP contribution in [0.25, 0.3) is 11.5 Å². The summed E-state index contributed by atoms with van der Waals surface area (Å²) in [7, 11) is 0. The molecule has 0 saturated heterocycles. The van der Waals surface area contributed by atoms with E-state index in [1.807, 2.05) is 30.3 Å². The van der Waals surface area contributed by atoms with Gasteiger partial charge in [-0.15, -0.1) is 0 Å². The summed E-state index contributed by atoms with van der Waals surface area (Å²) >= 11 is 0. The molecule has 0 atom stereocenters. The molecule has 6 nitrogen and oxygen atoms in total. The average Bonchev–Trinajstić information content (AvgIpc) is 3.07. The predicted molar refractivity (Wildman–Crippen MR) is 90.6 cm³/mol. The van der Waals surface area contributed by atoms with Gasteiger partial charge in [0.1, 0.15) is 0 Å². The van der Waals surface area contributed by atoms with Crippen LogP contribution in [0.1, 0.15) is 17.5 Å². The van der Waals surface area contributed by atoms with Crippen molar-refractivity contribution in [2.75, 3.05) is 10.6 Å². The maximum Gasteiger partial charge on any atom is 0.293 e. The van der Waals surface area contributed by atoms with Crippen molar-refractivity contribution < 1.29 is 14.0 Å². The second-order valence-corrected chi connectivity index (χ2v) is 5.11. The number of anilines is 2. The van der Waals surface area contributed by atoms with Crippen molar-refractivity contribution in [3.8, 4) is 11.5 Å². The SMILES string of the molecule is CC(=O)Nc1ccc(NC(=O)c2cnc(-c3ccccc3)o2)cc1. The molecule has 2 amide bonds. The molecule has 3 rings (SSSR count). The molecular weight excluding hydrogens is 306 g/mol. The Morgan fingerprint density at radius 1 is 0.917 bits per heavy atom. The van der Waals surface area contributed by atoms with Crippen LogP contribution in [0.15, 0.2) is 65.2 Å². The van der Waals surface area contributed by atoms with Crippen molar-refractivity contribution in [2.45, 2.75) is 6.92 Å². The normalized spacial score (nSPS) is 10.2. The minimum absolute atomic E-state index is 0.125. The standard InChI is InChI=1S/C18H15N3O3/c1-12(22)20-14-7-9-15(10-8-14)21-17(23)16-11-19-18(24-16)13-5-3-2-4-6-13/h2-11H,1H3,(H,20,22)(H,21,23). The lowest BCUT2D eigenvalue weighted by Crippen LogP contribution is -2.11. The molecule has 120 valence electrons. The van der Waals surface area contributed by atoms with Crippen LogP contribution in [-0.2, 0) is 4.79 Å². The molecule has 24 heavy (non-hydrogen) atoms. The van der Waals surface area contributed by atoms with Crippen molar-refractivity contribution in [3.63, 3.8) is 0 Å². The van der Waals surface area contributed by atoms with E-state index in [4.69, 9.17) is 4.42 Å². The van der Waals surface area contributed by atoms with Crippen LogP contribution in [0.3, 0.4) is 0 Å². The Labute approximate surface area is 138 Å². The van der Waals surface area contributed by atoms with E-state index in [0.29, 0.717) is 17.3 Å². The van der Waals surface area contributed by atoms with Crippen molar-refractivity contribution in [1.29, 1.82) is 0 Å². The molecule has 0 unspecified atom stereocenters. The Kier molecular flexibility index (Phi) is 4.38. The smallest absolute Gasteiger partial charge is 0.293 e. The number of rotatable bonds is 4. The third-order valence-electron chi connectivity index (χ3n) is 3.21. The number of nitrogens with one attached hydrogen (secondary N) is 2. The van der Waals surface area contributed by atoms with Crippen LogP contribution in [0.4, 0.5) is 11.4 Å². The van der Waals surface area contributed by atoms with E-state index >= 15 is 0 Å². The summed E-state index contributed by atoms with van der Waals surface area (Å²) in [5.41, 5.74) is 2.05. The molecule has 0 aliphatic rings. The van der Waals surface area contributed by atoms with Crippen LogP contribution in [-0.4, -0.2) is 16.8 Å². The van der Waals surface area contributed by atoms with Crippen LogP contribution in [0.5, 0.6) is 0 Å². The van der Waals surface area contributed by atoms with Crippen molar-refractivity contribution in [1.82, 2.24) is 4.98 Å². The highest BCUT2D eigenvalue weighted by molar-refractivity contribution is 6.02. The van der Waals surface area contributed by atoms with E-state index in [1.165, 1.54) is 13.1 Å². The first kappa shape index (κ1) is 15.5. The van der Waals surface area contributed by atoms with Crippen LogP contribution >= 0.6 is 0 Å². The molecule has 1 heterocycles. The van der Waals surface area contributed by atoms with E-state index in [9.17, 15) is 9.59 Å². The fourth-order valence-electron chi connectivity index (χ4n) is 2.13. The van der Waals surface area contributed by atoms with E-state index in [1.54, 1.807) is 24.3 Å². The summed E-state index contributed by atoms with van der Waals surface area (Å²) in [6.07, 6.45) is 1.39. The molecule has 0 spiro atoms. The Balaban J connectivity index is 1.69. The van der Waals surface area contributed by atoms with Crippen molar-refractivity contribution in [2.24, 2.45) is 0 Å². The van der Waals surface area contributed by atoms with Crippen LogP contribution < -0.4 is 10.6 Å². The molecule has 0 bridgehead atoms.